The van der Waals surface area contributed by atoms with Gasteiger partial charge >= 0.3 is 0 Å². The summed E-state index contributed by atoms with van der Waals surface area (Å²) in [4.78, 5) is 0. The van der Waals surface area contributed by atoms with Gasteiger partial charge in [-0.3, -0.25) is 0 Å². The van der Waals surface area contributed by atoms with Gasteiger partial charge in [-0.25, -0.2) is 0 Å². The van der Waals surface area contributed by atoms with Crippen LogP contribution in [0.2, 0.25) is 0 Å². The molecule has 2 fully saturated rings. The summed E-state index contributed by atoms with van der Waals surface area (Å²) in [7, 11) is 0. The topological polar surface area (TPSA) is 40.5 Å². The van der Waals surface area contributed by atoms with Crippen molar-refractivity contribution in [2.45, 2.75) is 63.9 Å². The monoisotopic (exact) mass is 440 g/mol. The lowest BCUT2D eigenvalue weighted by atomic mass is 9.55. The minimum Gasteiger partial charge on any atom is -0.508 e. The third-order valence-corrected chi connectivity index (χ3v) is 8.30. The molecular weight excluding hydrogens is 411 g/mol. The van der Waals surface area contributed by atoms with Crippen LogP contribution in [-0.4, -0.2) is 20.7 Å². The van der Waals surface area contributed by atoms with Crippen LogP contribution in [0.5, 0.6) is 5.75 Å². The van der Waals surface area contributed by atoms with Crippen LogP contribution in [0, 0.1) is 23.2 Å². The lowest BCUT2D eigenvalue weighted by Crippen LogP contribution is -2.44. The summed E-state index contributed by atoms with van der Waals surface area (Å²) < 4.78 is 1.20. The highest BCUT2D eigenvalue weighted by atomic mass is 127. The zero-order valence-electron chi connectivity index (χ0n) is 14.5. The number of fused-ring (bicyclic) bond motifs is 5. The highest BCUT2D eigenvalue weighted by molar-refractivity contribution is 14.1. The Balaban J connectivity index is 1.61. The van der Waals surface area contributed by atoms with Gasteiger partial charge < -0.3 is 10.2 Å². The number of phenols is 1. The number of aromatic hydroxyl groups is 1. The first-order valence-corrected chi connectivity index (χ1v) is 11.1. The molecule has 3 heteroatoms. The van der Waals surface area contributed by atoms with Crippen molar-refractivity contribution in [1.29, 1.82) is 0 Å². The molecule has 0 aromatic heterocycles. The molecule has 132 valence electrons. The van der Waals surface area contributed by atoms with Crippen molar-refractivity contribution in [3.63, 3.8) is 0 Å². The van der Waals surface area contributed by atoms with E-state index < -0.39 is 0 Å². The van der Waals surface area contributed by atoms with E-state index in [0.29, 0.717) is 23.5 Å². The zero-order valence-corrected chi connectivity index (χ0v) is 16.7. The van der Waals surface area contributed by atoms with Gasteiger partial charge in [0.25, 0.3) is 0 Å². The van der Waals surface area contributed by atoms with Gasteiger partial charge in [-0.2, -0.15) is 0 Å². The number of hydrogen-bond acceptors (Lipinski definition) is 2. The van der Waals surface area contributed by atoms with Gasteiger partial charge in [0.1, 0.15) is 5.75 Å². The van der Waals surface area contributed by atoms with E-state index >= 15 is 0 Å². The van der Waals surface area contributed by atoms with Gasteiger partial charge in [0.05, 0.1) is 6.10 Å². The molecule has 3 aliphatic rings. The normalized spacial score (nSPS) is 40.7. The average Bonchev–Trinajstić information content (AvgIpc) is 2.84. The molecule has 1 aromatic rings. The fraction of sp³-hybridized carbons (Fsp3) is 0.714. The molecule has 0 radical (unpaired) electrons. The predicted octanol–water partition coefficient (Wildman–Crippen LogP) is 5.05. The Morgan fingerprint density at radius 1 is 1.29 bits per heavy atom. The molecule has 0 saturated heterocycles. The third kappa shape index (κ3) is 2.61. The van der Waals surface area contributed by atoms with Crippen molar-refractivity contribution in [2.75, 3.05) is 4.43 Å². The van der Waals surface area contributed by atoms with Crippen LogP contribution in [0.4, 0.5) is 0 Å². The van der Waals surface area contributed by atoms with Crippen molar-refractivity contribution < 1.29 is 10.2 Å². The molecule has 4 rings (SSSR count). The number of alkyl halides is 1. The van der Waals surface area contributed by atoms with Gasteiger partial charge in [-0.05, 0) is 102 Å². The molecule has 0 heterocycles. The van der Waals surface area contributed by atoms with E-state index in [1.807, 2.05) is 12.1 Å². The van der Waals surface area contributed by atoms with Crippen molar-refractivity contribution in [3.8, 4) is 5.75 Å². The highest BCUT2D eigenvalue weighted by Crippen LogP contribution is 2.62. The molecule has 1 aromatic carbocycles. The summed E-state index contributed by atoms with van der Waals surface area (Å²) in [6.07, 6.45) is 8.22. The Kier molecular flexibility index (Phi) is 4.61. The van der Waals surface area contributed by atoms with Gasteiger partial charge in [0.2, 0.25) is 0 Å². The second-order valence-electron chi connectivity index (χ2n) is 8.61. The van der Waals surface area contributed by atoms with Crippen molar-refractivity contribution >= 4 is 22.6 Å². The molecule has 2 N–H and O–H groups in total. The van der Waals surface area contributed by atoms with Gasteiger partial charge in [-0.15, -0.1) is 0 Å². The van der Waals surface area contributed by atoms with Crippen LogP contribution >= 0.6 is 22.6 Å². The molecule has 0 aliphatic heterocycles. The quantitative estimate of drug-likeness (QED) is 0.510. The molecular formula is C21H29IO2. The molecule has 0 unspecified atom stereocenters. The molecule has 24 heavy (non-hydrogen) atoms. The zero-order chi connectivity index (χ0) is 16.9. The summed E-state index contributed by atoms with van der Waals surface area (Å²) in [5, 5.41) is 20.9. The van der Waals surface area contributed by atoms with Crippen LogP contribution in [0.25, 0.3) is 0 Å². The van der Waals surface area contributed by atoms with Crippen molar-refractivity contribution in [2.24, 2.45) is 23.2 Å². The van der Waals surface area contributed by atoms with Gasteiger partial charge in [0, 0.05) is 0 Å². The maximum atomic E-state index is 11.1. The molecule has 0 bridgehead atoms. The van der Waals surface area contributed by atoms with Crippen LogP contribution in [0.1, 0.15) is 62.5 Å². The number of aliphatic hydroxyl groups excluding tert-OH is 1. The number of benzene rings is 1. The summed E-state index contributed by atoms with van der Waals surface area (Å²) in [5.41, 5.74) is 2.97. The number of halogens is 1. The molecule has 0 spiro atoms. The minimum atomic E-state index is -0.104. The number of aryl methyl sites for hydroxylation is 1. The second-order valence-corrected chi connectivity index (χ2v) is 9.69. The lowest BCUT2D eigenvalue weighted by molar-refractivity contribution is -0.0333. The van der Waals surface area contributed by atoms with E-state index in [9.17, 15) is 10.2 Å². The Bertz CT molecular complexity index is 616. The summed E-state index contributed by atoms with van der Waals surface area (Å²) in [5.74, 6) is 2.95. The van der Waals surface area contributed by atoms with Gasteiger partial charge in [0.15, 0.2) is 0 Å². The van der Waals surface area contributed by atoms with Crippen molar-refractivity contribution in [1.82, 2.24) is 0 Å². The third-order valence-electron chi connectivity index (χ3n) is 7.54. The first kappa shape index (κ1) is 17.1. The summed E-state index contributed by atoms with van der Waals surface area (Å²) in [6, 6.07) is 6.01. The predicted molar refractivity (Wildman–Crippen MR) is 106 cm³/mol. The van der Waals surface area contributed by atoms with Crippen LogP contribution < -0.4 is 0 Å². The Hall–Kier alpha value is -0.290. The summed E-state index contributed by atoms with van der Waals surface area (Å²) >= 11 is 2.46. The SMILES string of the molecule is C[C@]12CC[C@@H]3c4ccc(O)cc4CC[C@H]3[C@@H]1C[C@@H](CCCI)[C@@H]2O. The van der Waals surface area contributed by atoms with E-state index in [0.717, 1.165) is 18.8 Å². The van der Waals surface area contributed by atoms with Crippen LogP contribution in [-0.2, 0) is 6.42 Å². The molecule has 2 nitrogen and oxygen atoms in total. The lowest BCUT2D eigenvalue weighted by Gasteiger charge is -2.50. The van der Waals surface area contributed by atoms with E-state index in [4.69, 9.17) is 0 Å². The Morgan fingerprint density at radius 3 is 2.92 bits per heavy atom. The number of rotatable bonds is 3. The largest absolute Gasteiger partial charge is 0.508 e. The van der Waals surface area contributed by atoms with Crippen LogP contribution in [0.15, 0.2) is 18.2 Å². The van der Waals surface area contributed by atoms with E-state index in [1.165, 1.54) is 47.7 Å². The standard InChI is InChI=1S/C21H29IO2/c1-21-9-8-17-16-7-5-15(23)11-13(16)4-6-18(17)19(21)12-14(20(21)24)3-2-10-22/h5,7,11,14,17-20,23-24H,2-4,6,8-10,12H2,1H3/t14-,17-,18-,19+,20+,21+/m1/s1. The van der Waals surface area contributed by atoms with Gasteiger partial charge in [-0.1, -0.05) is 35.6 Å². The van der Waals surface area contributed by atoms with E-state index in [1.54, 1.807) is 0 Å². The Morgan fingerprint density at radius 2 is 2.12 bits per heavy atom. The maximum Gasteiger partial charge on any atom is 0.115 e. The first-order valence-electron chi connectivity index (χ1n) is 9.60. The summed E-state index contributed by atoms with van der Waals surface area (Å²) in [6.45, 7) is 2.37. The molecule has 3 aliphatic carbocycles. The van der Waals surface area contributed by atoms with Crippen molar-refractivity contribution in [3.05, 3.63) is 29.3 Å². The number of phenolic OH excluding ortho intramolecular Hbond substituents is 1. The van der Waals surface area contributed by atoms with E-state index in [2.05, 4.69) is 35.6 Å². The fourth-order valence-corrected chi connectivity index (χ4v) is 6.78. The average molecular weight is 440 g/mol. The first-order chi connectivity index (χ1) is 11.5. The second kappa shape index (κ2) is 6.46. The number of hydrogen-bond donors (Lipinski definition) is 2. The highest BCUT2D eigenvalue weighted by Gasteiger charge is 2.57. The molecule has 0 amide bonds. The van der Waals surface area contributed by atoms with Crippen LogP contribution in [0.3, 0.4) is 0 Å². The fourth-order valence-electron chi connectivity index (χ4n) is 6.34. The number of aliphatic hydroxyl groups is 1. The minimum absolute atomic E-state index is 0.104. The maximum absolute atomic E-state index is 11.1. The smallest absolute Gasteiger partial charge is 0.115 e. The molecule has 2 saturated carbocycles. The Labute approximate surface area is 159 Å². The molecule has 6 atom stereocenters. The van der Waals surface area contributed by atoms with E-state index in [-0.39, 0.29) is 11.5 Å².